The van der Waals surface area contributed by atoms with Gasteiger partial charge in [-0.1, -0.05) is 6.92 Å². The molecule has 0 radical (unpaired) electrons. The Kier molecular flexibility index (Phi) is 6.54. The lowest BCUT2D eigenvalue weighted by Gasteiger charge is -2.25. The highest BCUT2D eigenvalue weighted by molar-refractivity contribution is 5.10. The first-order valence-electron chi connectivity index (χ1n) is 7.82. The van der Waals surface area contributed by atoms with Gasteiger partial charge in [-0.3, -0.25) is 9.88 Å². The Bertz CT molecular complexity index is 408. The number of hydrogen-bond acceptors (Lipinski definition) is 4. The van der Waals surface area contributed by atoms with Crippen molar-refractivity contribution in [1.29, 1.82) is 0 Å². The summed E-state index contributed by atoms with van der Waals surface area (Å²) in [5, 5.41) is 3.45. The predicted molar refractivity (Wildman–Crippen MR) is 81.7 cm³/mol. The number of pyridine rings is 1. The molecule has 4 nitrogen and oxygen atoms in total. The zero-order valence-electron chi connectivity index (χ0n) is 13.0. The van der Waals surface area contributed by atoms with Crippen molar-refractivity contribution in [2.45, 2.75) is 38.3 Å². The molecule has 0 aliphatic heterocycles. The van der Waals surface area contributed by atoms with Crippen LogP contribution in [0, 0.1) is 5.82 Å². The third-order valence-electron chi connectivity index (χ3n) is 3.91. The molecule has 1 atom stereocenters. The first kappa shape index (κ1) is 16.3. The topological polar surface area (TPSA) is 37.4 Å². The average Bonchev–Trinajstić information content (AvgIpc) is 3.32. The highest BCUT2D eigenvalue weighted by Crippen LogP contribution is 2.27. The Labute approximate surface area is 126 Å². The van der Waals surface area contributed by atoms with Gasteiger partial charge in [0.15, 0.2) is 0 Å². The molecule has 0 spiro atoms. The van der Waals surface area contributed by atoms with Gasteiger partial charge in [0.1, 0.15) is 5.82 Å². The van der Waals surface area contributed by atoms with Crippen LogP contribution in [0.5, 0.6) is 0 Å². The minimum Gasteiger partial charge on any atom is -0.383 e. The van der Waals surface area contributed by atoms with Gasteiger partial charge in [0, 0.05) is 26.2 Å². The molecule has 0 saturated heterocycles. The highest BCUT2D eigenvalue weighted by Gasteiger charge is 2.29. The van der Waals surface area contributed by atoms with Crippen LogP contribution in [-0.4, -0.2) is 49.3 Å². The third kappa shape index (κ3) is 5.34. The molecule has 1 fully saturated rings. The van der Waals surface area contributed by atoms with Crippen LogP contribution in [0.4, 0.5) is 4.39 Å². The molecular weight excluding hydrogens is 269 g/mol. The van der Waals surface area contributed by atoms with E-state index in [2.05, 4.69) is 22.1 Å². The molecule has 118 valence electrons. The van der Waals surface area contributed by atoms with Crippen molar-refractivity contribution < 1.29 is 9.13 Å². The molecule has 1 heterocycles. The van der Waals surface area contributed by atoms with E-state index in [-0.39, 0.29) is 11.9 Å². The van der Waals surface area contributed by atoms with E-state index < -0.39 is 0 Å². The van der Waals surface area contributed by atoms with Gasteiger partial charge >= 0.3 is 0 Å². The van der Waals surface area contributed by atoms with E-state index in [0.29, 0.717) is 0 Å². The molecule has 2 rings (SSSR count). The summed E-state index contributed by atoms with van der Waals surface area (Å²) >= 11 is 0. The van der Waals surface area contributed by atoms with Gasteiger partial charge in [0.2, 0.25) is 0 Å². The zero-order valence-corrected chi connectivity index (χ0v) is 13.0. The molecule has 1 aromatic heterocycles. The van der Waals surface area contributed by atoms with Gasteiger partial charge in [-0.25, -0.2) is 4.39 Å². The van der Waals surface area contributed by atoms with Crippen LogP contribution in [-0.2, 0) is 4.74 Å². The molecule has 1 aliphatic carbocycles. The molecule has 1 aromatic rings. The maximum atomic E-state index is 13.0. The number of methoxy groups -OCH3 is 1. The Morgan fingerprint density at radius 1 is 1.43 bits per heavy atom. The molecule has 21 heavy (non-hydrogen) atoms. The van der Waals surface area contributed by atoms with Crippen molar-refractivity contribution in [2.75, 3.05) is 33.4 Å². The largest absolute Gasteiger partial charge is 0.383 e. The molecule has 1 N–H and O–H groups in total. The summed E-state index contributed by atoms with van der Waals surface area (Å²) in [5.74, 6) is -0.284. The van der Waals surface area contributed by atoms with Gasteiger partial charge < -0.3 is 10.1 Å². The van der Waals surface area contributed by atoms with E-state index in [1.807, 2.05) is 0 Å². The van der Waals surface area contributed by atoms with Crippen LogP contribution in [0.3, 0.4) is 0 Å². The van der Waals surface area contributed by atoms with Crippen LogP contribution in [0.15, 0.2) is 18.3 Å². The number of nitrogens with one attached hydrogen (secondary N) is 1. The number of hydrogen-bond donors (Lipinski definition) is 1. The van der Waals surface area contributed by atoms with Gasteiger partial charge in [0.05, 0.1) is 24.5 Å². The Balaban J connectivity index is 1.90. The second-order valence-corrected chi connectivity index (χ2v) is 5.56. The minimum atomic E-state index is -0.284. The standard InChI is InChI=1S/C16H26FN3O/c1-3-18-16(15-7-4-13(17)12-19-15)8-9-20(10-11-21-2)14-5-6-14/h4,7,12,14,16,18H,3,5-6,8-11H2,1-2H3. The summed E-state index contributed by atoms with van der Waals surface area (Å²) in [6.45, 7) is 5.74. The molecule has 1 aliphatic rings. The Hall–Kier alpha value is -1.04. The fraction of sp³-hybridized carbons (Fsp3) is 0.688. The summed E-state index contributed by atoms with van der Waals surface area (Å²) in [7, 11) is 1.74. The van der Waals surface area contributed by atoms with Gasteiger partial charge in [0.25, 0.3) is 0 Å². The maximum Gasteiger partial charge on any atom is 0.141 e. The lowest BCUT2D eigenvalue weighted by molar-refractivity contribution is 0.140. The summed E-state index contributed by atoms with van der Waals surface area (Å²) in [6.07, 6.45) is 4.87. The molecule has 0 aromatic carbocycles. The molecule has 1 saturated carbocycles. The van der Waals surface area contributed by atoms with Crippen molar-refractivity contribution in [3.8, 4) is 0 Å². The van der Waals surface area contributed by atoms with E-state index in [1.165, 1.54) is 25.1 Å². The summed E-state index contributed by atoms with van der Waals surface area (Å²) in [5.41, 5.74) is 0.917. The van der Waals surface area contributed by atoms with E-state index in [9.17, 15) is 4.39 Å². The predicted octanol–water partition coefficient (Wildman–Crippen LogP) is 2.37. The molecule has 5 heteroatoms. The van der Waals surface area contributed by atoms with Crippen molar-refractivity contribution in [3.05, 3.63) is 29.8 Å². The summed E-state index contributed by atoms with van der Waals surface area (Å²) < 4.78 is 18.2. The number of aromatic nitrogens is 1. The lowest BCUT2D eigenvalue weighted by Crippen LogP contribution is -2.33. The van der Waals surface area contributed by atoms with Crippen molar-refractivity contribution in [2.24, 2.45) is 0 Å². The van der Waals surface area contributed by atoms with E-state index in [0.717, 1.165) is 44.4 Å². The van der Waals surface area contributed by atoms with E-state index >= 15 is 0 Å². The minimum absolute atomic E-state index is 0.180. The van der Waals surface area contributed by atoms with Crippen LogP contribution in [0.2, 0.25) is 0 Å². The molecular formula is C16H26FN3O. The zero-order chi connectivity index (χ0) is 15.1. The second kappa shape index (κ2) is 8.41. The maximum absolute atomic E-state index is 13.0. The quantitative estimate of drug-likeness (QED) is 0.719. The fourth-order valence-corrected chi connectivity index (χ4v) is 2.61. The Morgan fingerprint density at radius 3 is 2.81 bits per heavy atom. The molecule has 0 bridgehead atoms. The van der Waals surface area contributed by atoms with Crippen LogP contribution in [0.25, 0.3) is 0 Å². The highest BCUT2D eigenvalue weighted by atomic mass is 19.1. The second-order valence-electron chi connectivity index (χ2n) is 5.56. The molecule has 0 amide bonds. The molecule has 1 unspecified atom stereocenters. The van der Waals surface area contributed by atoms with E-state index in [1.54, 1.807) is 13.2 Å². The van der Waals surface area contributed by atoms with Gasteiger partial charge in [-0.2, -0.15) is 0 Å². The first-order chi connectivity index (χ1) is 10.2. The van der Waals surface area contributed by atoms with Gasteiger partial charge in [-0.05, 0) is 37.9 Å². The van der Waals surface area contributed by atoms with Crippen LogP contribution < -0.4 is 5.32 Å². The number of ether oxygens (including phenoxy) is 1. The smallest absolute Gasteiger partial charge is 0.141 e. The van der Waals surface area contributed by atoms with Crippen molar-refractivity contribution in [1.82, 2.24) is 15.2 Å². The lowest BCUT2D eigenvalue weighted by atomic mass is 10.1. The van der Waals surface area contributed by atoms with Crippen LogP contribution >= 0.6 is 0 Å². The van der Waals surface area contributed by atoms with Crippen molar-refractivity contribution >= 4 is 0 Å². The third-order valence-corrected chi connectivity index (χ3v) is 3.91. The normalized spacial score (nSPS) is 16.4. The Morgan fingerprint density at radius 2 is 2.24 bits per heavy atom. The van der Waals surface area contributed by atoms with Crippen molar-refractivity contribution in [3.63, 3.8) is 0 Å². The first-order valence-corrected chi connectivity index (χ1v) is 7.82. The summed E-state index contributed by atoms with van der Waals surface area (Å²) in [4.78, 5) is 6.71. The van der Waals surface area contributed by atoms with Crippen LogP contribution in [0.1, 0.15) is 37.9 Å². The number of nitrogens with zero attached hydrogens (tertiary/aromatic N) is 2. The number of rotatable bonds is 10. The monoisotopic (exact) mass is 295 g/mol. The van der Waals surface area contributed by atoms with Gasteiger partial charge in [-0.15, -0.1) is 0 Å². The SMILES string of the molecule is CCNC(CCN(CCOC)C1CC1)c1ccc(F)cn1. The fourth-order valence-electron chi connectivity index (χ4n) is 2.61. The van der Waals surface area contributed by atoms with E-state index in [4.69, 9.17) is 4.74 Å². The average molecular weight is 295 g/mol. The summed E-state index contributed by atoms with van der Waals surface area (Å²) in [6, 6.07) is 4.17. The number of halogens is 1.